The first-order valence-electron chi connectivity index (χ1n) is 5.75. The van der Waals surface area contributed by atoms with Gasteiger partial charge in [-0.15, -0.1) is 0 Å². The number of hydrogen-bond donors (Lipinski definition) is 1. The van der Waals surface area contributed by atoms with E-state index in [9.17, 15) is 18.1 Å². The van der Waals surface area contributed by atoms with E-state index in [-0.39, 0.29) is 36.1 Å². The van der Waals surface area contributed by atoms with Crippen molar-refractivity contribution in [2.75, 3.05) is 23.7 Å². The maximum absolute atomic E-state index is 10.6. The first-order chi connectivity index (χ1) is 8.31. The molecular formula is C12H18NNaO4S. The molecular weight excluding hydrogens is 277 g/mol. The van der Waals surface area contributed by atoms with E-state index < -0.39 is 22.0 Å². The number of nitrogens with zero attached hydrogens (tertiary/aromatic N) is 1. The van der Waals surface area contributed by atoms with Gasteiger partial charge in [-0.1, -0.05) is 12.1 Å². The fourth-order valence-electron chi connectivity index (χ4n) is 1.78. The number of aliphatic hydroxyl groups is 1. The Hall–Kier alpha value is -0.110. The molecule has 0 bridgehead atoms. The standard InChI is InChI=1S/C12H19NO4S.Na/c1-3-13(8-12(14)9-18(15,16)17)11-6-4-5-10(2)7-11;/h4-7,12,14H,3,8-9H2,1-2H3,(H,15,16,17);/q;+1/p-1. The fraction of sp³-hybridized carbons (Fsp3) is 0.500. The first-order valence-corrected chi connectivity index (χ1v) is 7.33. The monoisotopic (exact) mass is 295 g/mol. The molecule has 0 fully saturated rings. The van der Waals surface area contributed by atoms with E-state index in [4.69, 9.17) is 0 Å². The summed E-state index contributed by atoms with van der Waals surface area (Å²) in [6, 6.07) is 7.68. The van der Waals surface area contributed by atoms with Gasteiger partial charge in [-0.05, 0) is 31.5 Å². The number of anilines is 1. The molecule has 1 atom stereocenters. The second-order valence-corrected chi connectivity index (χ2v) is 5.70. The van der Waals surface area contributed by atoms with Crippen LogP contribution in [0.3, 0.4) is 0 Å². The van der Waals surface area contributed by atoms with Crippen LogP contribution in [0.5, 0.6) is 0 Å². The van der Waals surface area contributed by atoms with Crippen LogP contribution in [-0.2, 0) is 10.1 Å². The Morgan fingerprint density at radius 2 is 2.05 bits per heavy atom. The van der Waals surface area contributed by atoms with E-state index in [1.54, 1.807) is 0 Å². The van der Waals surface area contributed by atoms with E-state index in [0.29, 0.717) is 6.54 Å². The molecule has 7 heteroatoms. The number of aryl methyl sites for hydroxylation is 1. The van der Waals surface area contributed by atoms with Gasteiger partial charge in [0, 0.05) is 18.8 Å². The van der Waals surface area contributed by atoms with E-state index >= 15 is 0 Å². The SMILES string of the molecule is CCN(CC(O)CS(=O)(=O)[O-])c1cccc(C)c1.[Na+]. The zero-order valence-electron chi connectivity index (χ0n) is 11.5. The third-order valence-corrected chi connectivity index (χ3v) is 3.37. The summed E-state index contributed by atoms with van der Waals surface area (Å²) in [4.78, 5) is 1.84. The minimum Gasteiger partial charge on any atom is -0.748 e. The zero-order chi connectivity index (χ0) is 13.8. The second kappa shape index (κ2) is 8.24. The summed E-state index contributed by atoms with van der Waals surface area (Å²) >= 11 is 0. The quantitative estimate of drug-likeness (QED) is 0.473. The smallest absolute Gasteiger partial charge is 0.748 e. The van der Waals surface area contributed by atoms with E-state index in [1.165, 1.54) is 0 Å². The topological polar surface area (TPSA) is 80.7 Å². The van der Waals surface area contributed by atoms with Crippen molar-refractivity contribution in [1.29, 1.82) is 0 Å². The molecule has 0 aliphatic heterocycles. The largest absolute Gasteiger partial charge is 1.00 e. The molecule has 0 aliphatic rings. The van der Waals surface area contributed by atoms with E-state index in [0.717, 1.165) is 11.3 Å². The zero-order valence-corrected chi connectivity index (χ0v) is 14.4. The number of aliphatic hydroxyl groups excluding tert-OH is 1. The second-order valence-electron chi connectivity index (χ2n) is 4.26. The molecule has 0 heterocycles. The molecule has 0 spiro atoms. The molecule has 0 aromatic heterocycles. The van der Waals surface area contributed by atoms with Crippen molar-refractivity contribution in [2.24, 2.45) is 0 Å². The first kappa shape index (κ1) is 18.9. The predicted octanol–water partition coefficient (Wildman–Crippen LogP) is -2.27. The molecule has 0 radical (unpaired) electrons. The third-order valence-electron chi connectivity index (χ3n) is 2.58. The van der Waals surface area contributed by atoms with Gasteiger partial charge in [0.2, 0.25) is 0 Å². The normalized spacial score (nSPS) is 12.6. The van der Waals surface area contributed by atoms with Crippen molar-refractivity contribution in [3.63, 3.8) is 0 Å². The Morgan fingerprint density at radius 1 is 1.42 bits per heavy atom. The molecule has 0 aliphatic carbocycles. The Balaban J connectivity index is 0.00000324. The van der Waals surface area contributed by atoms with Crippen molar-refractivity contribution in [3.8, 4) is 0 Å². The molecule has 1 aromatic rings. The fourth-order valence-corrected chi connectivity index (χ4v) is 2.36. The van der Waals surface area contributed by atoms with Gasteiger partial charge >= 0.3 is 29.6 Å². The molecule has 0 amide bonds. The van der Waals surface area contributed by atoms with Gasteiger partial charge in [-0.3, -0.25) is 0 Å². The van der Waals surface area contributed by atoms with Crippen LogP contribution < -0.4 is 34.5 Å². The summed E-state index contributed by atoms with van der Waals surface area (Å²) < 4.78 is 31.7. The van der Waals surface area contributed by atoms with Crippen LogP contribution >= 0.6 is 0 Å². The summed E-state index contributed by atoms with van der Waals surface area (Å²) in [6.07, 6.45) is -1.17. The van der Waals surface area contributed by atoms with Gasteiger partial charge in [0.25, 0.3) is 0 Å². The maximum Gasteiger partial charge on any atom is 1.00 e. The summed E-state index contributed by atoms with van der Waals surface area (Å²) in [5.74, 6) is -0.755. The van der Waals surface area contributed by atoms with Crippen LogP contribution in [0, 0.1) is 6.92 Å². The number of rotatable bonds is 6. The summed E-state index contributed by atoms with van der Waals surface area (Å²) in [5, 5.41) is 9.60. The molecule has 19 heavy (non-hydrogen) atoms. The average Bonchev–Trinajstić information content (AvgIpc) is 2.23. The van der Waals surface area contributed by atoms with Crippen LogP contribution in [0.4, 0.5) is 5.69 Å². The molecule has 1 rings (SSSR count). The predicted molar refractivity (Wildman–Crippen MR) is 69.6 cm³/mol. The van der Waals surface area contributed by atoms with Crippen LogP contribution in [0.2, 0.25) is 0 Å². The molecule has 102 valence electrons. The van der Waals surface area contributed by atoms with Gasteiger partial charge in [0.1, 0.15) is 0 Å². The number of benzene rings is 1. The van der Waals surface area contributed by atoms with Gasteiger partial charge in [0.15, 0.2) is 0 Å². The van der Waals surface area contributed by atoms with Crippen molar-refractivity contribution < 1.29 is 47.6 Å². The van der Waals surface area contributed by atoms with Gasteiger partial charge < -0.3 is 14.6 Å². The molecule has 5 nitrogen and oxygen atoms in total. The van der Waals surface area contributed by atoms with E-state index in [2.05, 4.69) is 0 Å². The summed E-state index contributed by atoms with van der Waals surface area (Å²) in [7, 11) is -4.39. The van der Waals surface area contributed by atoms with Crippen molar-refractivity contribution in [2.45, 2.75) is 20.0 Å². The van der Waals surface area contributed by atoms with Crippen molar-refractivity contribution in [3.05, 3.63) is 29.8 Å². The molecule has 1 unspecified atom stereocenters. The molecule has 0 saturated carbocycles. The van der Waals surface area contributed by atoms with Crippen molar-refractivity contribution >= 4 is 15.8 Å². The van der Waals surface area contributed by atoms with Crippen LogP contribution in [0.1, 0.15) is 12.5 Å². The number of hydrogen-bond acceptors (Lipinski definition) is 5. The summed E-state index contributed by atoms with van der Waals surface area (Å²) in [6.45, 7) is 4.61. The third kappa shape index (κ3) is 7.29. The summed E-state index contributed by atoms with van der Waals surface area (Å²) in [5.41, 5.74) is 1.98. The van der Waals surface area contributed by atoms with Gasteiger partial charge in [0.05, 0.1) is 22.0 Å². The van der Waals surface area contributed by atoms with Crippen LogP contribution in [0.25, 0.3) is 0 Å². The average molecular weight is 295 g/mol. The minimum absolute atomic E-state index is 0. The van der Waals surface area contributed by atoms with Crippen LogP contribution in [-0.4, -0.2) is 43.0 Å². The maximum atomic E-state index is 10.6. The molecule has 1 aromatic carbocycles. The molecule has 0 saturated heterocycles. The van der Waals surface area contributed by atoms with Gasteiger partial charge in [-0.25, -0.2) is 8.42 Å². The Kier molecular flexibility index (Phi) is 8.19. The van der Waals surface area contributed by atoms with Crippen LogP contribution in [0.15, 0.2) is 24.3 Å². The minimum atomic E-state index is -4.39. The van der Waals surface area contributed by atoms with E-state index in [1.807, 2.05) is 43.0 Å². The molecule has 1 N–H and O–H groups in total. The Bertz CT molecular complexity index is 492. The number of likely N-dealkylation sites (N-methyl/N-ethyl adjacent to an activating group) is 1. The van der Waals surface area contributed by atoms with Crippen molar-refractivity contribution in [1.82, 2.24) is 0 Å². The Labute approximate surface area is 136 Å². The van der Waals surface area contributed by atoms with Gasteiger partial charge in [-0.2, -0.15) is 0 Å². The Morgan fingerprint density at radius 3 is 2.53 bits per heavy atom.